The molecule has 0 N–H and O–H groups in total. The van der Waals surface area contributed by atoms with Crippen molar-refractivity contribution in [3.63, 3.8) is 0 Å². The number of fused-ring (bicyclic) bond motifs is 1. The molecule has 1 saturated carbocycles. The third-order valence-corrected chi connectivity index (χ3v) is 5.32. The standard InChI is InChI=1S/C21H24N2O2/c24-21(18-6-7-20-17(14-18)10-13-25-20)23(19-4-2-1-3-5-19)15-16-8-11-22-12-9-16/h6-9,11-12,14,19H,1-5,10,13,15H2. The van der Waals surface area contributed by atoms with Gasteiger partial charge in [0, 0.05) is 37.0 Å². The molecule has 0 saturated heterocycles. The van der Waals surface area contributed by atoms with E-state index in [0.29, 0.717) is 12.6 Å². The molecule has 0 spiro atoms. The van der Waals surface area contributed by atoms with Crippen LogP contribution in [-0.2, 0) is 13.0 Å². The van der Waals surface area contributed by atoms with Crippen molar-refractivity contribution >= 4 is 5.91 Å². The second kappa shape index (κ2) is 7.26. The van der Waals surface area contributed by atoms with E-state index in [9.17, 15) is 4.79 Å². The molecule has 4 rings (SSSR count). The predicted molar refractivity (Wildman–Crippen MR) is 96.6 cm³/mol. The highest BCUT2D eigenvalue weighted by molar-refractivity contribution is 5.95. The van der Waals surface area contributed by atoms with Crippen LogP contribution in [0.1, 0.15) is 53.6 Å². The summed E-state index contributed by atoms with van der Waals surface area (Å²) >= 11 is 0. The van der Waals surface area contributed by atoms with E-state index in [2.05, 4.69) is 9.88 Å². The maximum atomic E-state index is 13.3. The Morgan fingerprint density at radius 1 is 1.12 bits per heavy atom. The van der Waals surface area contributed by atoms with Gasteiger partial charge < -0.3 is 9.64 Å². The molecular weight excluding hydrogens is 312 g/mol. The van der Waals surface area contributed by atoms with Crippen LogP contribution in [0.5, 0.6) is 5.75 Å². The number of amides is 1. The first-order valence-electron chi connectivity index (χ1n) is 9.27. The van der Waals surface area contributed by atoms with Gasteiger partial charge in [0.25, 0.3) is 5.91 Å². The van der Waals surface area contributed by atoms with Crippen LogP contribution in [-0.4, -0.2) is 28.4 Å². The lowest BCUT2D eigenvalue weighted by molar-refractivity contribution is 0.0614. The molecule has 1 aromatic heterocycles. The van der Waals surface area contributed by atoms with Crippen LogP contribution in [0.4, 0.5) is 0 Å². The molecule has 4 heteroatoms. The first-order valence-corrected chi connectivity index (χ1v) is 9.27. The first kappa shape index (κ1) is 16.1. The van der Waals surface area contributed by atoms with E-state index in [4.69, 9.17) is 4.74 Å². The lowest BCUT2D eigenvalue weighted by Gasteiger charge is -2.34. The third-order valence-electron chi connectivity index (χ3n) is 5.32. The highest BCUT2D eigenvalue weighted by Gasteiger charge is 2.27. The Hall–Kier alpha value is -2.36. The molecule has 0 atom stereocenters. The number of aromatic nitrogens is 1. The lowest BCUT2D eigenvalue weighted by Crippen LogP contribution is -2.41. The molecule has 0 radical (unpaired) electrons. The lowest BCUT2D eigenvalue weighted by atomic mass is 9.93. The van der Waals surface area contributed by atoms with Crippen LogP contribution in [0, 0.1) is 0 Å². The maximum absolute atomic E-state index is 13.3. The maximum Gasteiger partial charge on any atom is 0.254 e. The van der Waals surface area contributed by atoms with Gasteiger partial charge in [0.05, 0.1) is 6.61 Å². The summed E-state index contributed by atoms with van der Waals surface area (Å²) in [5.74, 6) is 1.06. The minimum Gasteiger partial charge on any atom is -0.493 e. The molecule has 0 bridgehead atoms. The van der Waals surface area contributed by atoms with E-state index in [1.165, 1.54) is 19.3 Å². The zero-order valence-electron chi connectivity index (χ0n) is 14.5. The molecule has 4 nitrogen and oxygen atoms in total. The number of nitrogens with zero attached hydrogens (tertiary/aromatic N) is 2. The number of rotatable bonds is 4. The number of hydrogen-bond donors (Lipinski definition) is 0. The van der Waals surface area contributed by atoms with E-state index in [1.807, 2.05) is 30.3 Å². The zero-order valence-corrected chi connectivity index (χ0v) is 14.5. The van der Waals surface area contributed by atoms with Crippen molar-refractivity contribution in [1.29, 1.82) is 0 Å². The van der Waals surface area contributed by atoms with Crippen LogP contribution in [0.25, 0.3) is 0 Å². The average molecular weight is 336 g/mol. The van der Waals surface area contributed by atoms with Gasteiger partial charge in [-0.25, -0.2) is 0 Å². The van der Waals surface area contributed by atoms with Gasteiger partial charge in [0.1, 0.15) is 5.75 Å². The largest absolute Gasteiger partial charge is 0.493 e. The van der Waals surface area contributed by atoms with Crippen LogP contribution >= 0.6 is 0 Å². The van der Waals surface area contributed by atoms with Crippen molar-refractivity contribution in [2.24, 2.45) is 0 Å². The number of carbonyl (C=O) groups is 1. The van der Waals surface area contributed by atoms with E-state index in [1.54, 1.807) is 12.4 Å². The predicted octanol–water partition coefficient (Wildman–Crippen LogP) is 3.99. The van der Waals surface area contributed by atoms with Gasteiger partial charge in [0.15, 0.2) is 0 Å². The van der Waals surface area contributed by atoms with E-state index < -0.39 is 0 Å². The SMILES string of the molecule is O=C(c1ccc2c(c1)CCO2)N(Cc1ccncc1)C1CCCCC1. The fourth-order valence-electron chi connectivity index (χ4n) is 3.93. The van der Waals surface area contributed by atoms with Crippen molar-refractivity contribution in [3.8, 4) is 5.75 Å². The van der Waals surface area contributed by atoms with Gasteiger partial charge in [-0.05, 0) is 54.3 Å². The Morgan fingerprint density at radius 3 is 2.72 bits per heavy atom. The van der Waals surface area contributed by atoms with Crippen LogP contribution < -0.4 is 4.74 Å². The summed E-state index contributed by atoms with van der Waals surface area (Å²) < 4.78 is 5.57. The average Bonchev–Trinajstić information content (AvgIpc) is 3.15. The summed E-state index contributed by atoms with van der Waals surface area (Å²) in [5, 5.41) is 0. The van der Waals surface area contributed by atoms with Crippen molar-refractivity contribution < 1.29 is 9.53 Å². The number of hydrogen-bond acceptors (Lipinski definition) is 3. The Morgan fingerprint density at radius 2 is 1.92 bits per heavy atom. The Balaban J connectivity index is 1.60. The Kier molecular flexibility index (Phi) is 4.68. The summed E-state index contributed by atoms with van der Waals surface area (Å²) in [7, 11) is 0. The molecule has 130 valence electrons. The van der Waals surface area contributed by atoms with Crippen LogP contribution in [0.3, 0.4) is 0 Å². The molecule has 1 aromatic carbocycles. The van der Waals surface area contributed by atoms with Crippen molar-refractivity contribution in [1.82, 2.24) is 9.88 Å². The summed E-state index contributed by atoms with van der Waals surface area (Å²) in [6, 6.07) is 10.2. The Labute approximate surface area is 148 Å². The molecule has 25 heavy (non-hydrogen) atoms. The second-order valence-electron chi connectivity index (χ2n) is 7.00. The molecule has 0 unspecified atom stereocenters. The third kappa shape index (κ3) is 3.53. The molecule has 1 fully saturated rings. The molecule has 2 aliphatic rings. The van der Waals surface area contributed by atoms with E-state index in [-0.39, 0.29) is 5.91 Å². The fourth-order valence-corrected chi connectivity index (χ4v) is 3.93. The van der Waals surface area contributed by atoms with Gasteiger partial charge >= 0.3 is 0 Å². The van der Waals surface area contributed by atoms with Gasteiger partial charge in [-0.15, -0.1) is 0 Å². The molecule has 2 aromatic rings. The minimum atomic E-state index is 0.137. The summed E-state index contributed by atoms with van der Waals surface area (Å²) in [4.78, 5) is 19.5. The summed E-state index contributed by atoms with van der Waals surface area (Å²) in [5.41, 5.74) is 3.07. The molecule has 1 aliphatic heterocycles. The van der Waals surface area contributed by atoms with Gasteiger partial charge in [0.2, 0.25) is 0 Å². The molecular formula is C21H24N2O2. The van der Waals surface area contributed by atoms with Crippen LogP contribution in [0.2, 0.25) is 0 Å². The van der Waals surface area contributed by atoms with E-state index >= 15 is 0 Å². The van der Waals surface area contributed by atoms with Crippen molar-refractivity contribution in [2.45, 2.75) is 51.1 Å². The second-order valence-corrected chi connectivity index (χ2v) is 7.00. The number of pyridine rings is 1. The Bertz CT molecular complexity index is 739. The van der Waals surface area contributed by atoms with Crippen LogP contribution in [0.15, 0.2) is 42.7 Å². The summed E-state index contributed by atoms with van der Waals surface area (Å²) in [6.45, 7) is 1.37. The zero-order chi connectivity index (χ0) is 17.1. The highest BCUT2D eigenvalue weighted by Crippen LogP contribution is 2.29. The minimum absolute atomic E-state index is 0.137. The number of benzene rings is 1. The molecule has 1 amide bonds. The normalized spacial score (nSPS) is 17.0. The number of ether oxygens (including phenoxy) is 1. The fraction of sp³-hybridized carbons (Fsp3) is 0.429. The van der Waals surface area contributed by atoms with E-state index in [0.717, 1.165) is 48.3 Å². The first-order chi connectivity index (χ1) is 12.3. The molecule has 2 heterocycles. The smallest absolute Gasteiger partial charge is 0.254 e. The quantitative estimate of drug-likeness (QED) is 0.848. The summed E-state index contributed by atoms with van der Waals surface area (Å²) in [6.07, 6.45) is 10.4. The molecule has 1 aliphatic carbocycles. The van der Waals surface area contributed by atoms with Crippen molar-refractivity contribution in [3.05, 3.63) is 59.4 Å². The van der Waals surface area contributed by atoms with Crippen molar-refractivity contribution in [2.75, 3.05) is 6.61 Å². The number of carbonyl (C=O) groups excluding carboxylic acids is 1. The van der Waals surface area contributed by atoms with Gasteiger partial charge in [-0.3, -0.25) is 9.78 Å². The van der Waals surface area contributed by atoms with Gasteiger partial charge in [-0.2, -0.15) is 0 Å². The monoisotopic (exact) mass is 336 g/mol. The highest BCUT2D eigenvalue weighted by atomic mass is 16.5. The topological polar surface area (TPSA) is 42.4 Å². The van der Waals surface area contributed by atoms with Gasteiger partial charge in [-0.1, -0.05) is 19.3 Å².